The van der Waals surface area contributed by atoms with Crippen molar-refractivity contribution in [1.82, 2.24) is 0 Å². The summed E-state index contributed by atoms with van der Waals surface area (Å²) in [5.74, 6) is 0. The largest absolute Gasteiger partial charge is 0.403 e. The van der Waals surface area contributed by atoms with E-state index in [1.165, 1.54) is 0 Å². The van der Waals surface area contributed by atoms with Gasteiger partial charge in [0, 0.05) is 5.70 Å². The summed E-state index contributed by atoms with van der Waals surface area (Å²) in [6, 6.07) is 0. The second-order valence-electron chi connectivity index (χ2n) is 0.658. The average Bonchev–Trinajstić information content (AvgIpc) is 0.811. The Labute approximate surface area is 26.1 Å². The van der Waals surface area contributed by atoms with Crippen LogP contribution >= 0.6 is 0 Å². The lowest BCUT2D eigenvalue weighted by atomic mass is 10.6. The fourth-order valence-electron chi connectivity index (χ4n) is 0. The Morgan fingerprint density at radius 1 is 1.75 bits per heavy atom. The Morgan fingerprint density at radius 3 is 1.75 bits per heavy atom. The second-order valence-corrected chi connectivity index (χ2v) is 0.658. The van der Waals surface area contributed by atoms with Crippen LogP contribution in [0.4, 0.5) is 0 Å². The predicted octanol–water partition coefficient (Wildman–Crippen LogP) is 0.293. The molecule has 0 rings (SSSR count). The molecule has 2 N–H and O–H groups in total. The van der Waals surface area contributed by atoms with E-state index in [4.69, 9.17) is 5.73 Å². The van der Waals surface area contributed by atoms with Crippen LogP contribution in [0, 0.1) is 6.92 Å². The van der Waals surface area contributed by atoms with E-state index in [2.05, 4.69) is 13.5 Å². The van der Waals surface area contributed by atoms with Gasteiger partial charge < -0.3 is 5.73 Å². The SMILES string of the molecule is [CH2]C(=C)N. The van der Waals surface area contributed by atoms with E-state index in [1.54, 1.807) is 0 Å². The lowest BCUT2D eigenvalue weighted by Gasteiger charge is -1.68. The lowest BCUT2D eigenvalue weighted by Crippen LogP contribution is -1.84. The van der Waals surface area contributed by atoms with Gasteiger partial charge in [-0.2, -0.15) is 0 Å². The molecule has 0 aromatic heterocycles. The maximum Gasteiger partial charge on any atom is 0.00113 e. The Morgan fingerprint density at radius 2 is 1.75 bits per heavy atom. The number of nitrogens with two attached hydrogens (primary N) is 1. The topological polar surface area (TPSA) is 26.0 Å². The molecule has 0 aromatic rings. The van der Waals surface area contributed by atoms with Crippen molar-refractivity contribution in [2.24, 2.45) is 5.73 Å². The molecule has 0 aliphatic rings. The maximum absolute atomic E-state index is 4.81. The van der Waals surface area contributed by atoms with Gasteiger partial charge >= 0.3 is 0 Å². The van der Waals surface area contributed by atoms with Gasteiger partial charge in [0.15, 0.2) is 0 Å². The number of hydrogen-bond donors (Lipinski definition) is 1. The van der Waals surface area contributed by atoms with Gasteiger partial charge in [-0.1, -0.05) is 6.58 Å². The summed E-state index contributed by atoms with van der Waals surface area (Å²) >= 11 is 0. The van der Waals surface area contributed by atoms with Crippen LogP contribution in [0.3, 0.4) is 0 Å². The molecule has 0 aromatic carbocycles. The smallest absolute Gasteiger partial charge is 0.00113 e. The van der Waals surface area contributed by atoms with Gasteiger partial charge in [0.2, 0.25) is 0 Å². The van der Waals surface area contributed by atoms with E-state index in [1.807, 2.05) is 0 Å². The van der Waals surface area contributed by atoms with Gasteiger partial charge in [-0.3, -0.25) is 0 Å². The summed E-state index contributed by atoms with van der Waals surface area (Å²) in [6.07, 6.45) is 0. The normalized spacial score (nSPS) is 6.25. The van der Waals surface area contributed by atoms with E-state index in [0.717, 1.165) is 0 Å². The molecule has 1 nitrogen and oxygen atoms in total. The average molecular weight is 56.1 g/mol. The van der Waals surface area contributed by atoms with Gasteiger partial charge in [0.1, 0.15) is 0 Å². The van der Waals surface area contributed by atoms with Crippen molar-refractivity contribution >= 4 is 0 Å². The predicted molar refractivity (Wildman–Crippen MR) is 18.7 cm³/mol. The van der Waals surface area contributed by atoms with Crippen LogP contribution in [-0.4, -0.2) is 0 Å². The fourth-order valence-corrected chi connectivity index (χ4v) is 0. The zero-order valence-electron chi connectivity index (χ0n) is 2.49. The highest BCUT2D eigenvalue weighted by Crippen LogP contribution is 1.57. The Bertz CT molecular complexity index is 26.3. The molecule has 23 valence electrons. The Balaban J connectivity index is 2.80. The van der Waals surface area contributed by atoms with Crippen LogP contribution in [0.5, 0.6) is 0 Å². The summed E-state index contributed by atoms with van der Waals surface area (Å²) < 4.78 is 0. The molecule has 0 saturated carbocycles. The summed E-state index contributed by atoms with van der Waals surface area (Å²) in [5, 5.41) is 0. The molecular formula is C3H6N. The lowest BCUT2D eigenvalue weighted by molar-refractivity contribution is 1.46. The van der Waals surface area contributed by atoms with Crippen molar-refractivity contribution in [1.29, 1.82) is 0 Å². The quantitative estimate of drug-likeness (QED) is 0.424. The van der Waals surface area contributed by atoms with Crippen LogP contribution in [0.2, 0.25) is 0 Å². The zero-order chi connectivity index (χ0) is 3.58. The third-order valence-electron chi connectivity index (χ3n) is 0. The first-order valence-corrected chi connectivity index (χ1v) is 0.996. The standard InChI is InChI=1S/C3H6N/c1-3(2)4/h1-2,4H2. The first-order valence-electron chi connectivity index (χ1n) is 0.996. The van der Waals surface area contributed by atoms with Crippen molar-refractivity contribution in [3.63, 3.8) is 0 Å². The van der Waals surface area contributed by atoms with Crippen molar-refractivity contribution in [3.8, 4) is 0 Å². The van der Waals surface area contributed by atoms with Crippen LogP contribution in [0.1, 0.15) is 0 Å². The second kappa shape index (κ2) is 0.934. The van der Waals surface area contributed by atoms with Crippen LogP contribution in [-0.2, 0) is 0 Å². The van der Waals surface area contributed by atoms with Gasteiger partial charge in [0.25, 0.3) is 0 Å². The van der Waals surface area contributed by atoms with Gasteiger partial charge in [-0.25, -0.2) is 0 Å². The van der Waals surface area contributed by atoms with E-state index in [0.29, 0.717) is 5.70 Å². The molecule has 1 heteroatoms. The highest BCUT2D eigenvalue weighted by atomic mass is 14.5. The number of rotatable bonds is 0. The zero-order valence-corrected chi connectivity index (χ0v) is 2.49. The van der Waals surface area contributed by atoms with Gasteiger partial charge in [-0.05, 0) is 6.92 Å². The molecule has 0 unspecified atom stereocenters. The molecule has 1 radical (unpaired) electrons. The van der Waals surface area contributed by atoms with Crippen LogP contribution < -0.4 is 5.73 Å². The van der Waals surface area contributed by atoms with E-state index in [-0.39, 0.29) is 0 Å². The fraction of sp³-hybridized carbons (Fsp3) is 0. The molecule has 0 spiro atoms. The van der Waals surface area contributed by atoms with E-state index >= 15 is 0 Å². The third-order valence-corrected chi connectivity index (χ3v) is 0. The molecule has 4 heavy (non-hydrogen) atoms. The molecule has 0 aliphatic heterocycles. The van der Waals surface area contributed by atoms with Crippen molar-refractivity contribution in [2.75, 3.05) is 0 Å². The first-order chi connectivity index (χ1) is 1.73. The summed E-state index contributed by atoms with van der Waals surface area (Å²) in [7, 11) is 0. The van der Waals surface area contributed by atoms with Gasteiger partial charge in [0.05, 0.1) is 0 Å². The molecule has 0 fully saturated rings. The van der Waals surface area contributed by atoms with Crippen LogP contribution in [0.25, 0.3) is 0 Å². The van der Waals surface area contributed by atoms with Crippen LogP contribution in [0.15, 0.2) is 12.3 Å². The molecule has 0 amide bonds. The highest BCUT2D eigenvalue weighted by Gasteiger charge is 1.50. The molecule has 0 atom stereocenters. The number of hydrogen-bond acceptors (Lipinski definition) is 1. The summed E-state index contributed by atoms with van der Waals surface area (Å²) in [6.45, 7) is 6.44. The minimum Gasteiger partial charge on any atom is -0.403 e. The van der Waals surface area contributed by atoms with E-state index in [9.17, 15) is 0 Å². The minimum absolute atomic E-state index is 0.417. The van der Waals surface area contributed by atoms with Crippen molar-refractivity contribution in [3.05, 3.63) is 19.2 Å². The molecule has 0 saturated heterocycles. The Kier molecular flexibility index (Phi) is 0.826. The Hall–Kier alpha value is -0.460. The molecule has 0 bridgehead atoms. The molecular weight excluding hydrogens is 50.0 g/mol. The highest BCUT2D eigenvalue weighted by molar-refractivity contribution is 4.88. The minimum atomic E-state index is 0.417. The number of allylic oxidation sites excluding steroid dienone is 1. The summed E-state index contributed by atoms with van der Waals surface area (Å²) in [5.41, 5.74) is 5.22. The first kappa shape index (κ1) is 3.54. The monoisotopic (exact) mass is 56.1 g/mol. The van der Waals surface area contributed by atoms with Crippen molar-refractivity contribution < 1.29 is 0 Å². The van der Waals surface area contributed by atoms with Crippen molar-refractivity contribution in [2.45, 2.75) is 0 Å². The summed E-state index contributed by atoms with van der Waals surface area (Å²) in [4.78, 5) is 0. The third kappa shape index (κ3) is 2.12. The maximum atomic E-state index is 4.81. The van der Waals surface area contributed by atoms with E-state index < -0.39 is 0 Å². The van der Waals surface area contributed by atoms with Gasteiger partial charge in [-0.15, -0.1) is 0 Å². The molecule has 0 aliphatic carbocycles. The molecule has 0 heterocycles.